The van der Waals surface area contributed by atoms with E-state index in [2.05, 4.69) is 0 Å². The van der Waals surface area contributed by atoms with Gasteiger partial charge < -0.3 is 10.6 Å². The molecule has 2 N–H and O–H groups in total. The number of hydrogen-bond donors (Lipinski definition) is 1. The molecule has 1 saturated heterocycles. The Labute approximate surface area is 109 Å². The van der Waals surface area contributed by atoms with Crippen LogP contribution in [-0.2, 0) is 14.6 Å². The molecule has 6 heteroatoms. The highest BCUT2D eigenvalue weighted by molar-refractivity contribution is 7.91. The Balaban J connectivity index is 2.00. The summed E-state index contributed by atoms with van der Waals surface area (Å²) in [6.07, 6.45) is 4.43. The van der Waals surface area contributed by atoms with Gasteiger partial charge in [-0.25, -0.2) is 8.42 Å². The van der Waals surface area contributed by atoms with Crippen molar-refractivity contribution in [3.05, 3.63) is 0 Å². The molecule has 0 radical (unpaired) electrons. The Morgan fingerprint density at radius 3 is 2.44 bits per heavy atom. The van der Waals surface area contributed by atoms with Crippen molar-refractivity contribution < 1.29 is 13.2 Å². The first-order valence-corrected chi connectivity index (χ1v) is 8.45. The molecular weight excluding hydrogens is 252 g/mol. The van der Waals surface area contributed by atoms with Crippen LogP contribution in [0.25, 0.3) is 0 Å². The SMILES string of the molecule is CN(C(=O)C1CCCCC1N)C1CCS(=O)(=O)C1. The van der Waals surface area contributed by atoms with Crippen LogP contribution >= 0.6 is 0 Å². The predicted molar refractivity (Wildman–Crippen MR) is 69.8 cm³/mol. The number of rotatable bonds is 2. The first-order valence-electron chi connectivity index (χ1n) is 6.63. The molecule has 104 valence electrons. The lowest BCUT2D eigenvalue weighted by atomic mass is 9.84. The summed E-state index contributed by atoms with van der Waals surface area (Å²) in [6, 6.07) is -0.219. The summed E-state index contributed by atoms with van der Waals surface area (Å²) in [4.78, 5) is 14.0. The van der Waals surface area contributed by atoms with Gasteiger partial charge in [0.1, 0.15) is 0 Å². The van der Waals surface area contributed by atoms with Gasteiger partial charge in [-0.2, -0.15) is 0 Å². The van der Waals surface area contributed by atoms with Gasteiger partial charge in [0.05, 0.1) is 17.4 Å². The van der Waals surface area contributed by atoms with E-state index in [0.717, 1.165) is 25.7 Å². The van der Waals surface area contributed by atoms with E-state index in [9.17, 15) is 13.2 Å². The molecule has 2 fully saturated rings. The standard InChI is InChI=1S/C12H22N2O3S/c1-14(9-6-7-18(16,17)8-9)12(15)10-4-2-3-5-11(10)13/h9-11H,2-8,13H2,1H3. The van der Waals surface area contributed by atoms with Crippen molar-refractivity contribution in [1.82, 2.24) is 4.90 Å². The van der Waals surface area contributed by atoms with Crippen LogP contribution in [0.1, 0.15) is 32.1 Å². The number of sulfone groups is 1. The molecule has 3 atom stereocenters. The van der Waals surface area contributed by atoms with Crippen LogP contribution in [0.2, 0.25) is 0 Å². The second-order valence-electron chi connectivity index (χ2n) is 5.56. The van der Waals surface area contributed by atoms with Crippen LogP contribution in [0.4, 0.5) is 0 Å². The van der Waals surface area contributed by atoms with Gasteiger partial charge in [0.25, 0.3) is 0 Å². The fourth-order valence-corrected chi connectivity index (χ4v) is 4.76. The van der Waals surface area contributed by atoms with E-state index in [1.807, 2.05) is 0 Å². The fraction of sp³-hybridized carbons (Fsp3) is 0.917. The fourth-order valence-electron chi connectivity index (χ4n) is 2.99. The van der Waals surface area contributed by atoms with Crippen LogP contribution in [0.15, 0.2) is 0 Å². The summed E-state index contributed by atoms with van der Waals surface area (Å²) in [5, 5.41) is 0. The van der Waals surface area contributed by atoms with E-state index in [-0.39, 0.29) is 35.4 Å². The third-order valence-electron chi connectivity index (χ3n) is 4.24. The quantitative estimate of drug-likeness (QED) is 0.777. The molecule has 1 aliphatic carbocycles. The second-order valence-corrected chi connectivity index (χ2v) is 7.79. The molecule has 2 aliphatic rings. The van der Waals surface area contributed by atoms with E-state index in [0.29, 0.717) is 6.42 Å². The van der Waals surface area contributed by atoms with E-state index in [1.165, 1.54) is 0 Å². The molecule has 0 aromatic heterocycles. The lowest BCUT2D eigenvalue weighted by molar-refractivity contribution is -0.137. The van der Waals surface area contributed by atoms with Gasteiger partial charge in [0.2, 0.25) is 5.91 Å². The van der Waals surface area contributed by atoms with Crippen molar-refractivity contribution in [2.24, 2.45) is 11.7 Å². The normalized spacial score (nSPS) is 35.3. The number of carbonyl (C=O) groups excluding carboxylic acids is 1. The Morgan fingerprint density at radius 1 is 1.22 bits per heavy atom. The van der Waals surface area contributed by atoms with E-state index in [1.54, 1.807) is 11.9 Å². The molecule has 3 unspecified atom stereocenters. The monoisotopic (exact) mass is 274 g/mol. The zero-order chi connectivity index (χ0) is 13.3. The number of amides is 1. The first-order chi connectivity index (χ1) is 8.41. The number of nitrogens with zero attached hydrogens (tertiary/aromatic N) is 1. The van der Waals surface area contributed by atoms with Gasteiger partial charge in [0, 0.05) is 19.1 Å². The van der Waals surface area contributed by atoms with Crippen molar-refractivity contribution in [1.29, 1.82) is 0 Å². The maximum Gasteiger partial charge on any atom is 0.227 e. The smallest absolute Gasteiger partial charge is 0.227 e. The summed E-state index contributed by atoms with van der Waals surface area (Å²) in [6.45, 7) is 0. The molecule has 0 aromatic rings. The van der Waals surface area contributed by atoms with Gasteiger partial charge >= 0.3 is 0 Å². The second kappa shape index (κ2) is 5.17. The molecule has 0 aromatic carbocycles. The summed E-state index contributed by atoms with van der Waals surface area (Å²) >= 11 is 0. The summed E-state index contributed by atoms with van der Waals surface area (Å²) in [5.41, 5.74) is 6.00. The molecule has 2 rings (SSSR count). The lowest BCUT2D eigenvalue weighted by Gasteiger charge is -2.33. The highest BCUT2D eigenvalue weighted by Crippen LogP contribution is 2.26. The summed E-state index contributed by atoms with van der Waals surface area (Å²) in [7, 11) is -1.23. The zero-order valence-electron chi connectivity index (χ0n) is 10.8. The molecule has 1 heterocycles. The summed E-state index contributed by atoms with van der Waals surface area (Å²) < 4.78 is 22.9. The first kappa shape index (κ1) is 13.8. The average Bonchev–Trinajstić information content (AvgIpc) is 2.68. The Bertz CT molecular complexity index is 421. The largest absolute Gasteiger partial charge is 0.341 e. The van der Waals surface area contributed by atoms with Crippen molar-refractivity contribution in [3.8, 4) is 0 Å². The van der Waals surface area contributed by atoms with Crippen LogP contribution in [0.5, 0.6) is 0 Å². The lowest BCUT2D eigenvalue weighted by Crippen LogP contribution is -2.48. The Morgan fingerprint density at radius 2 is 1.89 bits per heavy atom. The van der Waals surface area contributed by atoms with Crippen molar-refractivity contribution >= 4 is 15.7 Å². The van der Waals surface area contributed by atoms with Crippen molar-refractivity contribution in [3.63, 3.8) is 0 Å². The van der Waals surface area contributed by atoms with Crippen molar-refractivity contribution in [2.45, 2.75) is 44.2 Å². The minimum Gasteiger partial charge on any atom is -0.341 e. The molecule has 1 amide bonds. The number of nitrogens with two attached hydrogens (primary N) is 1. The molecule has 5 nitrogen and oxygen atoms in total. The third kappa shape index (κ3) is 2.85. The minimum atomic E-state index is -2.94. The molecule has 0 bridgehead atoms. The third-order valence-corrected chi connectivity index (χ3v) is 5.99. The zero-order valence-corrected chi connectivity index (χ0v) is 11.7. The maximum atomic E-state index is 12.4. The molecule has 0 spiro atoms. The van der Waals surface area contributed by atoms with Crippen LogP contribution in [0, 0.1) is 5.92 Å². The van der Waals surface area contributed by atoms with E-state index >= 15 is 0 Å². The molecule has 1 saturated carbocycles. The Kier molecular flexibility index (Phi) is 3.96. The topological polar surface area (TPSA) is 80.5 Å². The highest BCUT2D eigenvalue weighted by Gasteiger charge is 2.37. The van der Waals surface area contributed by atoms with Gasteiger partial charge in [-0.3, -0.25) is 4.79 Å². The van der Waals surface area contributed by atoms with E-state index in [4.69, 9.17) is 5.73 Å². The Hall–Kier alpha value is -0.620. The van der Waals surface area contributed by atoms with Gasteiger partial charge in [-0.05, 0) is 19.3 Å². The molecular formula is C12H22N2O3S. The van der Waals surface area contributed by atoms with Crippen LogP contribution in [-0.4, -0.2) is 49.9 Å². The average molecular weight is 274 g/mol. The van der Waals surface area contributed by atoms with Gasteiger partial charge in [0.15, 0.2) is 9.84 Å². The molecule has 1 aliphatic heterocycles. The summed E-state index contributed by atoms with van der Waals surface area (Å²) in [5.74, 6) is 0.222. The van der Waals surface area contributed by atoms with Gasteiger partial charge in [-0.1, -0.05) is 12.8 Å². The van der Waals surface area contributed by atoms with Gasteiger partial charge in [-0.15, -0.1) is 0 Å². The van der Waals surface area contributed by atoms with E-state index < -0.39 is 9.84 Å². The van der Waals surface area contributed by atoms with Crippen molar-refractivity contribution in [2.75, 3.05) is 18.6 Å². The number of hydrogen-bond acceptors (Lipinski definition) is 4. The maximum absolute atomic E-state index is 12.4. The van der Waals surface area contributed by atoms with Crippen LogP contribution in [0.3, 0.4) is 0 Å². The van der Waals surface area contributed by atoms with Crippen LogP contribution < -0.4 is 5.73 Å². The minimum absolute atomic E-state index is 0.0318. The number of carbonyl (C=O) groups is 1. The molecule has 18 heavy (non-hydrogen) atoms. The highest BCUT2D eigenvalue weighted by atomic mass is 32.2. The predicted octanol–water partition coefficient (Wildman–Crippen LogP) is 0.149.